The van der Waals surface area contributed by atoms with Crippen LogP contribution < -0.4 is 0 Å². The molecular formula is C14H18Cl2O3. The molecule has 0 aliphatic heterocycles. The van der Waals surface area contributed by atoms with Gasteiger partial charge in [0.15, 0.2) is 5.60 Å². The molecular weight excluding hydrogens is 287 g/mol. The van der Waals surface area contributed by atoms with Crippen molar-refractivity contribution >= 4 is 35.0 Å². The lowest BCUT2D eigenvalue weighted by molar-refractivity contribution is -0.152. The van der Waals surface area contributed by atoms with Gasteiger partial charge in [0.25, 0.3) is 0 Å². The van der Waals surface area contributed by atoms with Crippen LogP contribution in [0, 0.1) is 0 Å². The van der Waals surface area contributed by atoms with Gasteiger partial charge in [-0.3, -0.25) is 9.59 Å². The van der Waals surface area contributed by atoms with Crippen LogP contribution in [0.15, 0.2) is 22.2 Å². The minimum absolute atomic E-state index is 0.00397. The molecule has 1 aliphatic rings. The Morgan fingerprint density at radius 1 is 1.21 bits per heavy atom. The minimum atomic E-state index is -0.995. The van der Waals surface area contributed by atoms with Crippen LogP contribution in [-0.4, -0.2) is 17.4 Å². The monoisotopic (exact) mass is 304 g/mol. The number of rotatable bonds is 6. The Bertz CT molecular complexity index is 402. The van der Waals surface area contributed by atoms with E-state index in [0.717, 1.165) is 19.3 Å². The molecule has 1 rings (SSSR count). The second-order valence-electron chi connectivity index (χ2n) is 4.55. The molecule has 0 amide bonds. The van der Waals surface area contributed by atoms with Crippen molar-refractivity contribution in [2.75, 3.05) is 0 Å². The Hall–Kier alpha value is -0.800. The summed E-state index contributed by atoms with van der Waals surface area (Å²) in [5.41, 5.74) is -0.995. The SMILES string of the molecule is CCCCCC(=O)OC1(CC)C=C(Cl)C(=O)C(Cl)=C1. The maximum Gasteiger partial charge on any atom is 0.306 e. The number of esters is 1. The number of halogens is 2. The van der Waals surface area contributed by atoms with E-state index in [1.165, 1.54) is 12.2 Å². The van der Waals surface area contributed by atoms with E-state index in [1.807, 2.05) is 6.92 Å². The number of allylic oxidation sites excluding steroid dienone is 2. The van der Waals surface area contributed by atoms with E-state index in [0.29, 0.717) is 12.8 Å². The average molecular weight is 305 g/mol. The Labute approximate surface area is 123 Å². The first-order chi connectivity index (χ1) is 8.94. The minimum Gasteiger partial charge on any atom is -0.450 e. The molecule has 0 spiro atoms. The zero-order valence-corrected chi connectivity index (χ0v) is 12.7. The number of Topliss-reactive ketones (excluding diaryl/α,β-unsaturated/α-hetero) is 1. The highest BCUT2D eigenvalue weighted by atomic mass is 35.5. The summed E-state index contributed by atoms with van der Waals surface area (Å²) in [7, 11) is 0. The van der Waals surface area contributed by atoms with Gasteiger partial charge in [0.2, 0.25) is 5.78 Å². The van der Waals surface area contributed by atoms with Crippen molar-refractivity contribution < 1.29 is 14.3 Å². The highest BCUT2D eigenvalue weighted by Crippen LogP contribution is 2.32. The quantitative estimate of drug-likeness (QED) is 0.548. The van der Waals surface area contributed by atoms with Gasteiger partial charge < -0.3 is 4.74 Å². The third-order valence-corrected chi connectivity index (χ3v) is 3.58. The fraction of sp³-hybridized carbons (Fsp3) is 0.571. The van der Waals surface area contributed by atoms with Crippen LogP contribution in [0.25, 0.3) is 0 Å². The second kappa shape index (κ2) is 7.11. The van der Waals surface area contributed by atoms with Crippen LogP contribution in [0.1, 0.15) is 46.0 Å². The van der Waals surface area contributed by atoms with Crippen LogP contribution >= 0.6 is 23.2 Å². The standard InChI is InChI=1S/C14H18Cl2O3/c1-3-5-6-7-12(17)19-14(4-2)8-10(15)13(18)11(16)9-14/h8-9H,3-7H2,1-2H3. The lowest BCUT2D eigenvalue weighted by Crippen LogP contribution is -2.33. The van der Waals surface area contributed by atoms with Crippen LogP contribution in [0.4, 0.5) is 0 Å². The second-order valence-corrected chi connectivity index (χ2v) is 5.37. The van der Waals surface area contributed by atoms with Crippen molar-refractivity contribution in [3.05, 3.63) is 22.2 Å². The molecule has 5 heteroatoms. The number of hydrogen-bond acceptors (Lipinski definition) is 3. The van der Waals surface area contributed by atoms with Crippen molar-refractivity contribution in [3.8, 4) is 0 Å². The molecule has 106 valence electrons. The molecule has 0 aromatic carbocycles. The van der Waals surface area contributed by atoms with Gasteiger partial charge in [0, 0.05) is 6.42 Å². The lowest BCUT2D eigenvalue weighted by Gasteiger charge is -2.29. The molecule has 1 aliphatic carbocycles. The number of ketones is 1. The largest absolute Gasteiger partial charge is 0.450 e. The van der Waals surface area contributed by atoms with Gasteiger partial charge >= 0.3 is 5.97 Å². The summed E-state index contributed by atoms with van der Waals surface area (Å²) in [6, 6.07) is 0. The van der Waals surface area contributed by atoms with E-state index >= 15 is 0 Å². The fourth-order valence-electron chi connectivity index (χ4n) is 1.83. The van der Waals surface area contributed by atoms with Gasteiger partial charge in [-0.2, -0.15) is 0 Å². The predicted molar refractivity (Wildman–Crippen MR) is 76.1 cm³/mol. The number of hydrogen-bond donors (Lipinski definition) is 0. The van der Waals surface area contributed by atoms with Crippen molar-refractivity contribution in [3.63, 3.8) is 0 Å². The Morgan fingerprint density at radius 2 is 1.79 bits per heavy atom. The summed E-state index contributed by atoms with van der Waals surface area (Å²) < 4.78 is 5.45. The molecule has 0 bridgehead atoms. The van der Waals surface area contributed by atoms with E-state index in [2.05, 4.69) is 6.92 Å². The van der Waals surface area contributed by atoms with Crippen LogP contribution in [0.3, 0.4) is 0 Å². The van der Waals surface area contributed by atoms with Gasteiger partial charge in [0.05, 0.1) is 10.1 Å². The number of unbranched alkanes of at least 4 members (excludes halogenated alkanes) is 2. The maximum atomic E-state index is 11.8. The van der Waals surface area contributed by atoms with Crippen molar-refractivity contribution in [1.29, 1.82) is 0 Å². The molecule has 0 N–H and O–H groups in total. The molecule has 0 saturated carbocycles. The van der Waals surface area contributed by atoms with Crippen molar-refractivity contribution in [1.82, 2.24) is 0 Å². The first kappa shape index (κ1) is 16.3. The highest BCUT2D eigenvalue weighted by molar-refractivity contribution is 6.55. The summed E-state index contributed by atoms with van der Waals surface area (Å²) in [6.07, 6.45) is 6.58. The molecule has 0 unspecified atom stereocenters. The molecule has 0 aromatic heterocycles. The lowest BCUT2D eigenvalue weighted by atomic mass is 9.94. The fourth-order valence-corrected chi connectivity index (χ4v) is 2.45. The Morgan fingerprint density at radius 3 is 2.26 bits per heavy atom. The molecule has 0 atom stereocenters. The summed E-state index contributed by atoms with van der Waals surface area (Å²) >= 11 is 11.7. The third-order valence-electron chi connectivity index (χ3n) is 3.02. The van der Waals surface area contributed by atoms with E-state index in [9.17, 15) is 9.59 Å². The normalized spacial score (nSPS) is 17.8. The number of carbonyl (C=O) groups is 2. The Balaban J connectivity index is 2.77. The zero-order chi connectivity index (χ0) is 14.5. The van der Waals surface area contributed by atoms with E-state index in [4.69, 9.17) is 27.9 Å². The highest BCUT2D eigenvalue weighted by Gasteiger charge is 2.34. The molecule has 0 aromatic rings. The summed E-state index contributed by atoms with van der Waals surface area (Å²) in [5.74, 6) is -0.736. The van der Waals surface area contributed by atoms with Gasteiger partial charge in [-0.05, 0) is 25.0 Å². The van der Waals surface area contributed by atoms with E-state index < -0.39 is 11.4 Å². The van der Waals surface area contributed by atoms with Crippen molar-refractivity contribution in [2.24, 2.45) is 0 Å². The summed E-state index contributed by atoms with van der Waals surface area (Å²) in [4.78, 5) is 23.3. The molecule has 0 heterocycles. The van der Waals surface area contributed by atoms with E-state index in [1.54, 1.807) is 0 Å². The van der Waals surface area contributed by atoms with Crippen molar-refractivity contribution in [2.45, 2.75) is 51.6 Å². The van der Waals surface area contributed by atoms with Gasteiger partial charge in [-0.25, -0.2) is 0 Å². The summed E-state index contributed by atoms with van der Waals surface area (Å²) in [5, 5.41) is -0.00795. The van der Waals surface area contributed by atoms with E-state index in [-0.39, 0.29) is 16.0 Å². The van der Waals surface area contributed by atoms with Gasteiger partial charge in [-0.15, -0.1) is 0 Å². The zero-order valence-electron chi connectivity index (χ0n) is 11.2. The molecule has 0 fully saturated rings. The Kier molecular flexibility index (Phi) is 6.08. The first-order valence-corrected chi connectivity index (χ1v) is 7.23. The number of ether oxygens (including phenoxy) is 1. The topological polar surface area (TPSA) is 43.4 Å². The van der Waals surface area contributed by atoms with Gasteiger partial charge in [0.1, 0.15) is 0 Å². The molecule has 0 saturated heterocycles. The molecule has 3 nitrogen and oxygen atoms in total. The van der Waals surface area contributed by atoms with Gasteiger partial charge in [-0.1, -0.05) is 49.9 Å². The predicted octanol–water partition coefficient (Wildman–Crippen LogP) is 4.09. The summed E-state index contributed by atoms with van der Waals surface area (Å²) in [6.45, 7) is 3.91. The van der Waals surface area contributed by atoms with Crippen LogP contribution in [0.2, 0.25) is 0 Å². The smallest absolute Gasteiger partial charge is 0.306 e. The molecule has 0 radical (unpaired) electrons. The van der Waals surface area contributed by atoms with Crippen LogP contribution in [0.5, 0.6) is 0 Å². The molecule has 19 heavy (non-hydrogen) atoms. The van der Waals surface area contributed by atoms with Crippen LogP contribution in [-0.2, 0) is 14.3 Å². The number of carbonyl (C=O) groups excluding carboxylic acids is 2. The third kappa shape index (κ3) is 4.36. The average Bonchev–Trinajstić information content (AvgIpc) is 2.36. The first-order valence-electron chi connectivity index (χ1n) is 6.47. The maximum absolute atomic E-state index is 11.8.